The zero-order chi connectivity index (χ0) is 14.2. The third-order valence-electron chi connectivity index (χ3n) is 3.57. The molecule has 0 atom stereocenters. The molecule has 0 bridgehead atoms. The highest BCUT2D eigenvalue weighted by molar-refractivity contribution is 5.77. The lowest BCUT2D eigenvalue weighted by Crippen LogP contribution is -2.09. The Hall–Kier alpha value is -2.89. The number of hydrogen-bond donors (Lipinski definition) is 2. The number of aromatic nitrogens is 4. The molecule has 104 valence electrons. The Morgan fingerprint density at radius 2 is 2.14 bits per heavy atom. The van der Waals surface area contributed by atoms with Crippen molar-refractivity contribution >= 4 is 5.95 Å². The molecule has 1 aliphatic heterocycles. The van der Waals surface area contributed by atoms with Gasteiger partial charge in [-0.2, -0.15) is 10.1 Å². The molecule has 0 spiro atoms. The molecule has 0 saturated carbocycles. The fraction of sp³-hybridized carbons (Fsp3) is 0.133. The molecule has 2 N–H and O–H groups in total. The molecule has 0 radical (unpaired) electrons. The average Bonchev–Trinajstić information content (AvgIpc) is 3.08. The van der Waals surface area contributed by atoms with Crippen molar-refractivity contribution in [2.45, 2.75) is 6.61 Å². The number of hydrogen-bond acceptors (Lipinski definition) is 5. The summed E-state index contributed by atoms with van der Waals surface area (Å²) >= 11 is 0. The summed E-state index contributed by atoms with van der Waals surface area (Å²) in [5, 5.41) is 9.73. The van der Waals surface area contributed by atoms with Gasteiger partial charge in [0.2, 0.25) is 11.8 Å². The highest BCUT2D eigenvalue weighted by Crippen LogP contribution is 2.37. The fourth-order valence-electron chi connectivity index (χ4n) is 2.49. The van der Waals surface area contributed by atoms with Crippen molar-refractivity contribution in [3.05, 3.63) is 42.4 Å². The van der Waals surface area contributed by atoms with Gasteiger partial charge in [-0.15, -0.1) is 0 Å². The quantitative estimate of drug-likeness (QED) is 0.753. The summed E-state index contributed by atoms with van der Waals surface area (Å²) in [4.78, 5) is 8.61. The SMILES string of the molecule is CNc1ncc2c(n1)OCc1cc(-c3cn[nH]c3)ccc1-2. The van der Waals surface area contributed by atoms with Crippen LogP contribution in [-0.2, 0) is 6.61 Å². The second-order valence-electron chi connectivity index (χ2n) is 4.81. The molecule has 0 amide bonds. The van der Waals surface area contributed by atoms with Gasteiger partial charge in [0, 0.05) is 25.0 Å². The van der Waals surface area contributed by atoms with Crippen LogP contribution >= 0.6 is 0 Å². The van der Waals surface area contributed by atoms with Gasteiger partial charge in [0.25, 0.3) is 0 Å². The summed E-state index contributed by atoms with van der Waals surface area (Å²) in [6.45, 7) is 0.508. The summed E-state index contributed by atoms with van der Waals surface area (Å²) in [7, 11) is 1.79. The zero-order valence-corrected chi connectivity index (χ0v) is 11.4. The Morgan fingerprint density at radius 3 is 2.95 bits per heavy atom. The second-order valence-corrected chi connectivity index (χ2v) is 4.81. The smallest absolute Gasteiger partial charge is 0.226 e. The van der Waals surface area contributed by atoms with Gasteiger partial charge in [-0.25, -0.2) is 4.98 Å². The fourth-order valence-corrected chi connectivity index (χ4v) is 2.49. The first-order valence-corrected chi connectivity index (χ1v) is 6.65. The molecule has 1 aromatic carbocycles. The summed E-state index contributed by atoms with van der Waals surface area (Å²) in [5.74, 6) is 1.19. The summed E-state index contributed by atoms with van der Waals surface area (Å²) in [5.41, 5.74) is 5.34. The summed E-state index contributed by atoms with van der Waals surface area (Å²) in [6.07, 6.45) is 5.48. The first-order chi connectivity index (χ1) is 10.3. The van der Waals surface area contributed by atoms with Crippen LogP contribution in [0.3, 0.4) is 0 Å². The van der Waals surface area contributed by atoms with E-state index in [1.807, 2.05) is 12.4 Å². The van der Waals surface area contributed by atoms with Gasteiger partial charge >= 0.3 is 0 Å². The monoisotopic (exact) mass is 279 g/mol. The molecule has 0 fully saturated rings. The van der Waals surface area contributed by atoms with Gasteiger partial charge in [0.1, 0.15) is 6.61 Å². The van der Waals surface area contributed by atoms with Gasteiger partial charge in [-0.1, -0.05) is 12.1 Å². The molecule has 21 heavy (non-hydrogen) atoms. The molecule has 6 heteroatoms. The maximum atomic E-state index is 5.75. The molecular formula is C15H13N5O. The van der Waals surface area contributed by atoms with Crippen LogP contribution in [-0.4, -0.2) is 27.2 Å². The van der Waals surface area contributed by atoms with Crippen molar-refractivity contribution in [3.8, 4) is 28.1 Å². The van der Waals surface area contributed by atoms with E-state index in [-0.39, 0.29) is 0 Å². The van der Waals surface area contributed by atoms with Gasteiger partial charge in [-0.3, -0.25) is 5.10 Å². The number of ether oxygens (including phenoxy) is 1. The van der Waals surface area contributed by atoms with E-state index in [2.05, 4.69) is 43.7 Å². The van der Waals surface area contributed by atoms with E-state index in [9.17, 15) is 0 Å². The Balaban J connectivity index is 1.81. The second kappa shape index (κ2) is 4.59. The number of nitrogens with zero attached hydrogens (tertiary/aromatic N) is 3. The maximum absolute atomic E-state index is 5.75. The molecule has 0 aliphatic carbocycles. The largest absolute Gasteiger partial charge is 0.472 e. The van der Waals surface area contributed by atoms with Crippen LogP contribution in [0, 0.1) is 0 Å². The van der Waals surface area contributed by atoms with E-state index in [0.717, 1.165) is 27.8 Å². The topological polar surface area (TPSA) is 75.7 Å². The molecule has 1 aliphatic rings. The van der Waals surface area contributed by atoms with Crippen LogP contribution in [0.15, 0.2) is 36.8 Å². The highest BCUT2D eigenvalue weighted by atomic mass is 16.5. The van der Waals surface area contributed by atoms with Crippen LogP contribution in [0.2, 0.25) is 0 Å². The van der Waals surface area contributed by atoms with Crippen LogP contribution in [0.1, 0.15) is 5.56 Å². The van der Waals surface area contributed by atoms with Crippen molar-refractivity contribution in [3.63, 3.8) is 0 Å². The predicted octanol–water partition coefficient (Wildman–Crippen LogP) is 2.47. The minimum Gasteiger partial charge on any atom is -0.472 e. The number of aromatic amines is 1. The Labute approximate surface area is 121 Å². The number of rotatable bonds is 2. The average molecular weight is 279 g/mol. The zero-order valence-electron chi connectivity index (χ0n) is 11.4. The van der Waals surface area contributed by atoms with Gasteiger partial charge in [0.15, 0.2) is 0 Å². The van der Waals surface area contributed by atoms with Gasteiger partial charge < -0.3 is 10.1 Å². The third-order valence-corrected chi connectivity index (χ3v) is 3.57. The number of fused-ring (bicyclic) bond motifs is 3. The van der Waals surface area contributed by atoms with E-state index >= 15 is 0 Å². The van der Waals surface area contributed by atoms with Gasteiger partial charge in [-0.05, 0) is 22.8 Å². The number of benzene rings is 1. The number of nitrogens with one attached hydrogen (secondary N) is 2. The van der Waals surface area contributed by atoms with Crippen LogP contribution < -0.4 is 10.1 Å². The summed E-state index contributed by atoms with van der Waals surface area (Å²) < 4.78 is 5.75. The molecular weight excluding hydrogens is 266 g/mol. The number of H-pyrrole nitrogens is 1. The van der Waals surface area contributed by atoms with E-state index < -0.39 is 0 Å². The van der Waals surface area contributed by atoms with Crippen LogP contribution in [0.25, 0.3) is 22.3 Å². The Kier molecular flexibility index (Phi) is 2.60. The summed E-state index contributed by atoms with van der Waals surface area (Å²) in [6, 6.07) is 6.28. The maximum Gasteiger partial charge on any atom is 0.226 e. The van der Waals surface area contributed by atoms with Crippen molar-refractivity contribution in [2.75, 3.05) is 12.4 Å². The van der Waals surface area contributed by atoms with Crippen molar-refractivity contribution < 1.29 is 4.74 Å². The molecule has 2 aromatic heterocycles. The molecule has 4 rings (SSSR count). The minimum atomic E-state index is 0.508. The van der Waals surface area contributed by atoms with Crippen molar-refractivity contribution in [1.29, 1.82) is 0 Å². The van der Waals surface area contributed by atoms with E-state index in [4.69, 9.17) is 4.74 Å². The number of anilines is 1. The van der Waals surface area contributed by atoms with Crippen LogP contribution in [0.4, 0.5) is 5.95 Å². The minimum absolute atomic E-state index is 0.508. The molecule has 6 nitrogen and oxygen atoms in total. The molecule has 0 saturated heterocycles. The Bertz CT molecular complexity index is 798. The standard InChI is InChI=1S/C15H13N5O/c1-16-15-17-7-13-12-3-2-9(11-5-18-19-6-11)4-10(12)8-21-14(13)20-15/h2-7H,8H2,1H3,(H,18,19)(H,16,17,20). The van der Waals surface area contributed by atoms with Crippen molar-refractivity contribution in [2.24, 2.45) is 0 Å². The predicted molar refractivity (Wildman–Crippen MR) is 78.9 cm³/mol. The van der Waals surface area contributed by atoms with E-state index in [1.54, 1.807) is 13.2 Å². The molecule has 0 unspecified atom stereocenters. The first-order valence-electron chi connectivity index (χ1n) is 6.65. The first kappa shape index (κ1) is 11.9. The lowest BCUT2D eigenvalue weighted by Gasteiger charge is -2.20. The van der Waals surface area contributed by atoms with Crippen molar-refractivity contribution in [1.82, 2.24) is 20.2 Å². The van der Waals surface area contributed by atoms with E-state index in [1.165, 1.54) is 0 Å². The van der Waals surface area contributed by atoms with Gasteiger partial charge in [0.05, 0.1) is 11.8 Å². The van der Waals surface area contributed by atoms with E-state index in [0.29, 0.717) is 18.4 Å². The third kappa shape index (κ3) is 1.92. The lowest BCUT2D eigenvalue weighted by molar-refractivity contribution is 0.290. The molecule has 3 aromatic rings. The van der Waals surface area contributed by atoms with Crippen LogP contribution in [0.5, 0.6) is 5.88 Å². The molecule has 3 heterocycles. The Morgan fingerprint density at radius 1 is 1.19 bits per heavy atom. The normalized spacial score (nSPS) is 12.2. The highest BCUT2D eigenvalue weighted by Gasteiger charge is 2.20. The lowest BCUT2D eigenvalue weighted by atomic mass is 9.96.